The van der Waals surface area contributed by atoms with E-state index in [4.69, 9.17) is 0 Å². The number of aromatic nitrogens is 2. The van der Waals surface area contributed by atoms with Crippen LogP contribution in [0.2, 0.25) is 0 Å². The van der Waals surface area contributed by atoms with Gasteiger partial charge >= 0.3 is 0 Å². The molecular formula is C48H62N6O4S2+2. The van der Waals surface area contributed by atoms with E-state index in [0.29, 0.717) is 39.0 Å². The van der Waals surface area contributed by atoms with E-state index < -0.39 is 0 Å². The van der Waals surface area contributed by atoms with Gasteiger partial charge in [-0.2, -0.15) is 0 Å². The normalized spacial score (nSPS) is 16.7. The third-order valence-electron chi connectivity index (χ3n) is 11.2. The van der Waals surface area contributed by atoms with Gasteiger partial charge in [-0.25, -0.2) is 9.13 Å². The molecule has 12 heteroatoms. The Morgan fingerprint density at radius 3 is 1.28 bits per heavy atom. The summed E-state index contributed by atoms with van der Waals surface area (Å²) in [4.78, 5) is 33.6. The first-order valence-electron chi connectivity index (χ1n) is 21.3. The molecule has 0 spiro atoms. The van der Waals surface area contributed by atoms with E-state index in [9.17, 15) is 19.8 Å². The SMILES string of the molecule is CN(CC[n+]1ccc(C=Cc2ccc(N3CCC(O)C3)cc2)cc1)C(=O)CCCSSCCCC(=O)N(C)CC[n+]1ccc(C=Cc2ccc(N3CCC(O)C3)cc2)cc1. The molecule has 2 atom stereocenters. The lowest BCUT2D eigenvalue weighted by atomic mass is 10.1. The molecule has 2 fully saturated rings. The number of benzene rings is 2. The Bertz CT molecular complexity index is 1850. The smallest absolute Gasteiger partial charge is 0.222 e. The van der Waals surface area contributed by atoms with Gasteiger partial charge in [-0.3, -0.25) is 9.59 Å². The second-order valence-corrected chi connectivity index (χ2v) is 18.5. The monoisotopic (exact) mass is 850 g/mol. The molecule has 2 amide bonds. The summed E-state index contributed by atoms with van der Waals surface area (Å²) in [6, 6.07) is 25.3. The predicted octanol–water partition coefficient (Wildman–Crippen LogP) is 6.30. The molecule has 2 aromatic heterocycles. The Labute approximate surface area is 364 Å². The van der Waals surface area contributed by atoms with E-state index in [1.165, 1.54) is 0 Å². The number of β-amino-alcohol motifs (C(OH)–C–C–N with tert-alkyl or cyclic N) is 2. The fourth-order valence-corrected chi connectivity index (χ4v) is 9.41. The lowest BCUT2D eigenvalue weighted by Gasteiger charge is -2.17. The fraction of sp³-hybridized carbons (Fsp3) is 0.417. The first kappa shape index (κ1) is 44.9. The third kappa shape index (κ3) is 14.5. The lowest BCUT2D eigenvalue weighted by Crippen LogP contribution is -2.40. The molecule has 0 radical (unpaired) electrons. The number of hydrogen-bond donors (Lipinski definition) is 2. The molecule has 2 aliphatic rings. The summed E-state index contributed by atoms with van der Waals surface area (Å²) >= 11 is 0. The molecule has 0 bridgehead atoms. The molecule has 2 aliphatic heterocycles. The molecule has 2 saturated heterocycles. The highest BCUT2D eigenvalue weighted by Gasteiger charge is 2.21. The number of hydrogen-bond acceptors (Lipinski definition) is 8. The average molecular weight is 851 g/mol. The molecule has 318 valence electrons. The van der Waals surface area contributed by atoms with E-state index in [2.05, 4.69) is 141 Å². The van der Waals surface area contributed by atoms with Crippen molar-refractivity contribution in [3.8, 4) is 0 Å². The number of aliphatic hydroxyl groups is 2. The number of carbonyl (C=O) groups excluding carboxylic acids is 2. The summed E-state index contributed by atoms with van der Waals surface area (Å²) in [6.45, 7) is 6.02. The number of amides is 2. The third-order valence-corrected chi connectivity index (χ3v) is 13.7. The average Bonchev–Trinajstić information content (AvgIpc) is 3.92. The van der Waals surface area contributed by atoms with Crippen molar-refractivity contribution in [1.29, 1.82) is 0 Å². The van der Waals surface area contributed by atoms with Crippen molar-refractivity contribution in [2.24, 2.45) is 0 Å². The van der Waals surface area contributed by atoms with Crippen molar-refractivity contribution in [1.82, 2.24) is 9.80 Å². The van der Waals surface area contributed by atoms with Gasteiger partial charge in [-0.05, 0) is 72.2 Å². The van der Waals surface area contributed by atoms with E-state index in [1.54, 1.807) is 21.6 Å². The standard InChI is InChI=1S/C48H62N6O4S2/c1-49(31-33-51-25-19-41(20-26-51)9-7-39-11-15-43(16-12-39)53-29-23-45(55)37-53)47(57)5-3-35-59-60-36-4-6-48(58)50(2)32-34-52-27-21-42(22-28-52)10-8-40-13-17-44(18-14-40)54-30-24-46(56)38-54/h7-22,25-28,45-46,55-56H,3-6,23-24,29-38H2,1-2H3/q+2. The van der Waals surface area contributed by atoms with Crippen LogP contribution in [0.4, 0.5) is 11.4 Å². The Hall–Kier alpha value is -4.62. The first-order chi connectivity index (χ1) is 29.2. The zero-order valence-electron chi connectivity index (χ0n) is 35.2. The van der Waals surface area contributed by atoms with Gasteiger partial charge in [-0.1, -0.05) is 70.2 Å². The second-order valence-electron chi connectivity index (χ2n) is 15.8. The van der Waals surface area contributed by atoms with E-state index in [-0.39, 0.29) is 24.0 Å². The van der Waals surface area contributed by atoms with Crippen LogP contribution in [0.5, 0.6) is 0 Å². The summed E-state index contributed by atoms with van der Waals surface area (Å²) in [6.07, 6.45) is 20.7. The first-order valence-corrected chi connectivity index (χ1v) is 23.8. The number of rotatable bonds is 21. The zero-order chi connectivity index (χ0) is 42.1. The second kappa shape index (κ2) is 23.4. The minimum absolute atomic E-state index is 0.172. The number of likely N-dealkylation sites (N-methyl/N-ethyl adjacent to an activating group) is 2. The van der Waals surface area contributed by atoms with Crippen LogP contribution in [0.3, 0.4) is 0 Å². The topological polar surface area (TPSA) is 95.3 Å². The molecule has 10 nitrogen and oxygen atoms in total. The van der Waals surface area contributed by atoms with E-state index in [0.717, 1.165) is 97.0 Å². The summed E-state index contributed by atoms with van der Waals surface area (Å²) < 4.78 is 4.22. The zero-order valence-corrected chi connectivity index (χ0v) is 36.9. The van der Waals surface area contributed by atoms with Crippen LogP contribution in [-0.4, -0.2) is 109 Å². The van der Waals surface area contributed by atoms with Crippen molar-refractivity contribution in [3.63, 3.8) is 0 Å². The van der Waals surface area contributed by atoms with Crippen molar-refractivity contribution in [2.45, 2.75) is 63.8 Å². The summed E-state index contributed by atoms with van der Waals surface area (Å²) in [7, 11) is 7.33. The minimum atomic E-state index is -0.224. The van der Waals surface area contributed by atoms with Crippen LogP contribution in [0, 0.1) is 0 Å². The number of pyridine rings is 2. The van der Waals surface area contributed by atoms with Crippen LogP contribution >= 0.6 is 21.6 Å². The molecule has 4 aromatic rings. The van der Waals surface area contributed by atoms with Crippen molar-refractivity contribution >= 4 is 69.1 Å². The van der Waals surface area contributed by atoms with Gasteiger partial charge in [0.05, 0.1) is 25.3 Å². The maximum absolute atomic E-state index is 12.7. The van der Waals surface area contributed by atoms with E-state index in [1.807, 2.05) is 23.9 Å². The molecule has 2 aromatic carbocycles. The van der Waals surface area contributed by atoms with Crippen LogP contribution < -0.4 is 18.9 Å². The minimum Gasteiger partial charge on any atom is -0.391 e. The van der Waals surface area contributed by atoms with Crippen LogP contribution in [0.25, 0.3) is 24.3 Å². The number of nitrogens with zero attached hydrogens (tertiary/aromatic N) is 6. The summed E-state index contributed by atoms with van der Waals surface area (Å²) in [5.74, 6) is 2.17. The highest BCUT2D eigenvalue weighted by molar-refractivity contribution is 8.76. The van der Waals surface area contributed by atoms with Crippen LogP contribution in [0.1, 0.15) is 60.8 Å². The van der Waals surface area contributed by atoms with Crippen molar-refractivity contribution in [2.75, 3.05) is 74.7 Å². The predicted molar refractivity (Wildman–Crippen MR) is 248 cm³/mol. The fourth-order valence-electron chi connectivity index (χ4n) is 7.23. The number of carbonyl (C=O) groups is 2. The molecule has 0 saturated carbocycles. The quantitative estimate of drug-likeness (QED) is 0.0574. The van der Waals surface area contributed by atoms with Crippen LogP contribution in [0.15, 0.2) is 97.6 Å². The van der Waals surface area contributed by atoms with Gasteiger partial charge in [-0.15, -0.1) is 0 Å². The maximum Gasteiger partial charge on any atom is 0.222 e. The van der Waals surface area contributed by atoms with Gasteiger partial charge in [0.25, 0.3) is 0 Å². The van der Waals surface area contributed by atoms with Gasteiger partial charge < -0.3 is 29.8 Å². The largest absolute Gasteiger partial charge is 0.391 e. The molecule has 6 rings (SSSR count). The van der Waals surface area contributed by atoms with Gasteiger partial charge in [0.1, 0.15) is 0 Å². The van der Waals surface area contributed by atoms with Crippen LogP contribution in [-0.2, 0) is 22.7 Å². The maximum atomic E-state index is 12.7. The van der Waals surface area contributed by atoms with Gasteiger partial charge in [0.15, 0.2) is 37.9 Å². The molecule has 0 aliphatic carbocycles. The Morgan fingerprint density at radius 1 is 0.600 bits per heavy atom. The number of anilines is 2. The molecule has 4 heterocycles. The highest BCUT2D eigenvalue weighted by atomic mass is 33.1. The number of aliphatic hydroxyl groups excluding tert-OH is 2. The molecule has 60 heavy (non-hydrogen) atoms. The summed E-state index contributed by atoms with van der Waals surface area (Å²) in [5, 5.41) is 19.6. The summed E-state index contributed by atoms with van der Waals surface area (Å²) in [5.41, 5.74) is 6.82. The van der Waals surface area contributed by atoms with E-state index >= 15 is 0 Å². The van der Waals surface area contributed by atoms with Crippen molar-refractivity contribution in [3.05, 3.63) is 120 Å². The van der Waals surface area contributed by atoms with Gasteiger partial charge in [0, 0.05) is 100 Å². The van der Waals surface area contributed by atoms with Gasteiger partial charge in [0.2, 0.25) is 11.8 Å². The Morgan fingerprint density at radius 2 is 0.950 bits per heavy atom. The Balaban J connectivity index is 0.768. The highest BCUT2D eigenvalue weighted by Crippen LogP contribution is 2.25. The molecule has 2 unspecified atom stereocenters. The Kier molecular flexibility index (Phi) is 17.5. The lowest BCUT2D eigenvalue weighted by molar-refractivity contribution is -0.696. The van der Waals surface area contributed by atoms with Crippen molar-refractivity contribution < 1.29 is 28.9 Å². The molecule has 2 N–H and O–H groups in total. The molecular weight excluding hydrogens is 789 g/mol.